The second-order valence-electron chi connectivity index (χ2n) is 9.60. The molecule has 37 heavy (non-hydrogen) atoms. The van der Waals surface area contributed by atoms with Crippen molar-refractivity contribution in [1.29, 1.82) is 0 Å². The van der Waals surface area contributed by atoms with E-state index in [1.807, 2.05) is 60.7 Å². The van der Waals surface area contributed by atoms with Gasteiger partial charge in [0.2, 0.25) is 5.91 Å². The molecule has 194 valence electrons. The van der Waals surface area contributed by atoms with Crippen LogP contribution in [0.1, 0.15) is 42.4 Å². The number of piperidine rings is 1. The number of benzene rings is 3. The number of nitrogens with one attached hydrogen (secondary N) is 1. The second-order valence-corrected chi connectivity index (χ2v) is 9.60. The first-order valence-corrected chi connectivity index (χ1v) is 13.0. The van der Waals surface area contributed by atoms with Gasteiger partial charge in [-0.3, -0.25) is 4.79 Å². The summed E-state index contributed by atoms with van der Waals surface area (Å²) >= 11 is 0. The van der Waals surface area contributed by atoms with E-state index in [-0.39, 0.29) is 5.91 Å². The summed E-state index contributed by atoms with van der Waals surface area (Å²) in [7, 11) is 0. The predicted molar refractivity (Wildman–Crippen MR) is 149 cm³/mol. The molecule has 1 unspecified atom stereocenters. The lowest BCUT2D eigenvalue weighted by molar-refractivity contribution is -0.122. The molecule has 7 nitrogen and oxygen atoms in total. The van der Waals surface area contributed by atoms with E-state index in [2.05, 4.69) is 39.6 Å². The van der Waals surface area contributed by atoms with Gasteiger partial charge < -0.3 is 26.5 Å². The number of amidine groups is 1. The van der Waals surface area contributed by atoms with Crippen LogP contribution in [0.2, 0.25) is 0 Å². The Morgan fingerprint density at radius 2 is 1.59 bits per heavy atom. The fourth-order valence-corrected chi connectivity index (χ4v) is 4.58. The Balaban J connectivity index is 1.14. The van der Waals surface area contributed by atoms with Gasteiger partial charge in [-0.1, -0.05) is 78.0 Å². The van der Waals surface area contributed by atoms with Crippen LogP contribution in [0, 0.1) is 5.92 Å². The third-order valence-electron chi connectivity index (χ3n) is 6.91. The largest absolute Gasteiger partial charge is 0.389 e. The zero-order chi connectivity index (χ0) is 25.9. The first kappa shape index (κ1) is 26.2. The molecule has 3 aromatic rings. The summed E-state index contributed by atoms with van der Waals surface area (Å²) in [6.07, 6.45) is 3.96. The normalized spacial score (nSPS) is 15.3. The molecule has 7 heteroatoms. The van der Waals surface area contributed by atoms with Crippen molar-refractivity contribution in [3.63, 3.8) is 0 Å². The highest BCUT2D eigenvalue weighted by molar-refractivity contribution is 5.97. The van der Waals surface area contributed by atoms with Crippen LogP contribution in [0.25, 0.3) is 0 Å². The first-order chi connectivity index (χ1) is 18.1. The number of amides is 1. The number of carbonyl (C=O) groups is 1. The van der Waals surface area contributed by atoms with Gasteiger partial charge in [0.1, 0.15) is 6.61 Å². The number of nitrogens with two attached hydrogens (primary N) is 2. The highest BCUT2D eigenvalue weighted by Gasteiger charge is 2.21. The van der Waals surface area contributed by atoms with Crippen LogP contribution < -0.4 is 21.7 Å². The van der Waals surface area contributed by atoms with Gasteiger partial charge in [0.15, 0.2) is 5.84 Å². The average Bonchev–Trinajstić information content (AvgIpc) is 2.96. The number of oxime groups is 1. The van der Waals surface area contributed by atoms with Crippen molar-refractivity contribution in [2.75, 3.05) is 18.0 Å². The molecule has 5 N–H and O–H groups in total. The number of para-hydroxylation sites is 1. The molecule has 0 bridgehead atoms. The molecule has 1 fully saturated rings. The Morgan fingerprint density at radius 3 is 2.27 bits per heavy atom. The highest BCUT2D eigenvalue weighted by atomic mass is 16.6. The van der Waals surface area contributed by atoms with Crippen LogP contribution in [0.15, 0.2) is 90.1 Å². The lowest BCUT2D eigenvalue weighted by Crippen LogP contribution is -2.41. The molecular weight excluding hydrogens is 462 g/mol. The molecule has 1 aliphatic heterocycles. The molecule has 0 saturated carbocycles. The van der Waals surface area contributed by atoms with E-state index in [0.717, 1.165) is 49.0 Å². The Morgan fingerprint density at radius 1 is 0.946 bits per heavy atom. The van der Waals surface area contributed by atoms with E-state index in [0.29, 0.717) is 31.3 Å². The molecule has 0 radical (unpaired) electrons. The van der Waals surface area contributed by atoms with E-state index in [1.165, 1.54) is 5.69 Å². The van der Waals surface area contributed by atoms with Crippen LogP contribution >= 0.6 is 0 Å². The molecule has 1 saturated heterocycles. The summed E-state index contributed by atoms with van der Waals surface area (Å²) in [5, 5.41) is 6.96. The fraction of sp³-hybridized carbons (Fsp3) is 0.333. The molecule has 1 aliphatic rings. The van der Waals surface area contributed by atoms with Crippen LogP contribution in [0.3, 0.4) is 0 Å². The maximum atomic E-state index is 12.5. The molecular formula is C30H37N5O2. The molecule has 4 rings (SSSR count). The fourth-order valence-electron chi connectivity index (χ4n) is 4.58. The Labute approximate surface area is 219 Å². The Kier molecular flexibility index (Phi) is 9.54. The number of nitrogens with zero attached hydrogens (tertiary/aromatic N) is 2. The van der Waals surface area contributed by atoms with Gasteiger partial charge in [-0.15, -0.1) is 0 Å². The smallest absolute Gasteiger partial charge is 0.237 e. The van der Waals surface area contributed by atoms with E-state index < -0.39 is 6.04 Å². The van der Waals surface area contributed by atoms with Crippen LogP contribution in [0.4, 0.5) is 5.69 Å². The summed E-state index contributed by atoms with van der Waals surface area (Å²) in [5.74, 6) is 0.819. The lowest BCUT2D eigenvalue weighted by atomic mass is 9.90. The highest BCUT2D eigenvalue weighted by Crippen LogP contribution is 2.26. The van der Waals surface area contributed by atoms with Crippen molar-refractivity contribution < 1.29 is 9.63 Å². The average molecular weight is 500 g/mol. The zero-order valence-corrected chi connectivity index (χ0v) is 21.3. The van der Waals surface area contributed by atoms with Gasteiger partial charge in [-0.2, -0.15) is 0 Å². The van der Waals surface area contributed by atoms with Crippen molar-refractivity contribution >= 4 is 17.4 Å². The minimum Gasteiger partial charge on any atom is -0.389 e. The molecule has 1 heterocycles. The number of hydrogen-bond donors (Lipinski definition) is 3. The minimum atomic E-state index is -0.490. The maximum Gasteiger partial charge on any atom is 0.237 e. The molecule has 1 atom stereocenters. The second kappa shape index (κ2) is 13.5. The van der Waals surface area contributed by atoms with Gasteiger partial charge in [0.25, 0.3) is 0 Å². The topological polar surface area (TPSA) is 106 Å². The maximum absolute atomic E-state index is 12.5. The van der Waals surface area contributed by atoms with Crippen molar-refractivity contribution in [2.24, 2.45) is 22.5 Å². The monoisotopic (exact) mass is 499 g/mol. The summed E-state index contributed by atoms with van der Waals surface area (Å²) in [6, 6.07) is 27.4. The van der Waals surface area contributed by atoms with Gasteiger partial charge in [-0.25, -0.2) is 0 Å². The van der Waals surface area contributed by atoms with Gasteiger partial charge in [0, 0.05) is 30.9 Å². The third kappa shape index (κ3) is 8.08. The lowest BCUT2D eigenvalue weighted by Gasteiger charge is -2.34. The Bertz CT molecular complexity index is 1130. The predicted octanol–water partition coefficient (Wildman–Crippen LogP) is 4.16. The van der Waals surface area contributed by atoms with Gasteiger partial charge >= 0.3 is 0 Å². The molecule has 3 aromatic carbocycles. The van der Waals surface area contributed by atoms with E-state index in [4.69, 9.17) is 16.3 Å². The third-order valence-corrected chi connectivity index (χ3v) is 6.91. The molecule has 0 aromatic heterocycles. The quantitative estimate of drug-likeness (QED) is 0.209. The van der Waals surface area contributed by atoms with Crippen LogP contribution in [-0.2, 0) is 22.8 Å². The van der Waals surface area contributed by atoms with Gasteiger partial charge in [-0.05, 0) is 54.9 Å². The molecule has 0 spiro atoms. The van der Waals surface area contributed by atoms with E-state index in [9.17, 15) is 4.79 Å². The van der Waals surface area contributed by atoms with E-state index >= 15 is 0 Å². The summed E-state index contributed by atoms with van der Waals surface area (Å²) in [6.45, 7) is 2.89. The van der Waals surface area contributed by atoms with Crippen molar-refractivity contribution in [3.05, 3.63) is 102 Å². The Hall–Kier alpha value is -3.84. The molecule has 0 aliphatic carbocycles. The number of carbonyl (C=O) groups excluding carboxylic acids is 1. The van der Waals surface area contributed by atoms with Crippen molar-refractivity contribution in [1.82, 2.24) is 5.32 Å². The number of rotatable bonds is 11. The number of hydrogen-bond acceptors (Lipinski definition) is 5. The SMILES string of the molecule is NC(=NOCc1ccccc1)c1ccc(CNC(=O)C(N)CCC2CCN(c3ccccc3)CC2)cc1. The first-order valence-electron chi connectivity index (χ1n) is 13.0. The van der Waals surface area contributed by atoms with Crippen LogP contribution in [-0.4, -0.2) is 30.9 Å². The summed E-state index contributed by atoms with van der Waals surface area (Å²) < 4.78 is 0. The van der Waals surface area contributed by atoms with Crippen molar-refractivity contribution in [2.45, 2.75) is 44.9 Å². The number of anilines is 1. The molecule has 1 amide bonds. The minimum absolute atomic E-state index is 0.110. The van der Waals surface area contributed by atoms with Crippen LogP contribution in [0.5, 0.6) is 0 Å². The van der Waals surface area contributed by atoms with Gasteiger partial charge in [0.05, 0.1) is 6.04 Å². The summed E-state index contributed by atoms with van der Waals surface area (Å²) in [4.78, 5) is 20.3. The van der Waals surface area contributed by atoms with Crippen molar-refractivity contribution in [3.8, 4) is 0 Å². The summed E-state index contributed by atoms with van der Waals surface area (Å²) in [5.41, 5.74) is 16.3. The zero-order valence-electron chi connectivity index (χ0n) is 21.3. The van der Waals surface area contributed by atoms with E-state index in [1.54, 1.807) is 0 Å². The standard InChI is InChI=1S/C30H37N5O2/c31-28(16-13-23-17-19-35(20-18-23)27-9-5-2-6-10-27)30(36)33-21-24-11-14-26(15-12-24)29(32)34-37-22-25-7-3-1-4-8-25/h1-12,14-15,23,28H,13,16-22,31H2,(H2,32,34)(H,33,36).